The van der Waals surface area contributed by atoms with Crippen molar-refractivity contribution in [3.63, 3.8) is 0 Å². The van der Waals surface area contributed by atoms with Gasteiger partial charge in [-0.3, -0.25) is 0 Å². The third kappa shape index (κ3) is 3.31. The lowest BCUT2D eigenvalue weighted by molar-refractivity contribution is -0.138. The highest BCUT2D eigenvalue weighted by Gasteiger charge is 2.32. The van der Waals surface area contributed by atoms with E-state index < -0.39 is 11.7 Å². The summed E-state index contributed by atoms with van der Waals surface area (Å²) in [6, 6.07) is 5.48. The summed E-state index contributed by atoms with van der Waals surface area (Å²) in [5, 5.41) is 0. The zero-order valence-corrected chi connectivity index (χ0v) is 8.05. The molecule has 0 heterocycles. The van der Waals surface area contributed by atoms with Crippen molar-refractivity contribution in [2.45, 2.75) is 12.6 Å². The van der Waals surface area contributed by atoms with Crippen LogP contribution in [-0.2, 0) is 17.3 Å². The molecule has 1 nitrogen and oxygen atoms in total. The summed E-state index contributed by atoms with van der Waals surface area (Å²) in [5.41, 5.74) is -0.357. The number of hydrogen-bond acceptors (Lipinski definition) is 1. The quantitative estimate of drug-likeness (QED) is 0.553. The van der Waals surface area contributed by atoms with Gasteiger partial charge in [0, 0.05) is 6.42 Å². The largest absolute Gasteiger partial charge is 0.501 e. The van der Waals surface area contributed by atoms with Crippen molar-refractivity contribution in [2.75, 3.05) is 6.61 Å². The first-order chi connectivity index (χ1) is 7.05. The van der Waals surface area contributed by atoms with Crippen LogP contribution in [-0.4, -0.2) is 6.61 Å². The SMILES string of the molecule is C=COCCc1ccccc1C(F)(F)F. The molecule has 15 heavy (non-hydrogen) atoms. The summed E-state index contributed by atoms with van der Waals surface area (Å²) >= 11 is 0. The Balaban J connectivity index is 2.82. The van der Waals surface area contributed by atoms with Crippen molar-refractivity contribution in [3.8, 4) is 0 Å². The summed E-state index contributed by atoms with van der Waals surface area (Å²) < 4.78 is 42.3. The van der Waals surface area contributed by atoms with Crippen molar-refractivity contribution in [2.24, 2.45) is 0 Å². The molecule has 0 radical (unpaired) electrons. The number of benzene rings is 1. The fourth-order valence-electron chi connectivity index (χ4n) is 1.27. The summed E-state index contributed by atoms with van der Waals surface area (Å²) in [6.45, 7) is 3.52. The first kappa shape index (κ1) is 11.6. The molecule has 0 aromatic heterocycles. The molecule has 1 aromatic carbocycles. The second-order valence-electron chi connectivity index (χ2n) is 2.94. The maximum atomic E-state index is 12.5. The van der Waals surface area contributed by atoms with Crippen molar-refractivity contribution in [1.29, 1.82) is 0 Å². The molecule has 0 aliphatic carbocycles. The predicted octanol–water partition coefficient (Wildman–Crippen LogP) is 3.41. The Morgan fingerprint density at radius 2 is 1.93 bits per heavy atom. The lowest BCUT2D eigenvalue weighted by Crippen LogP contribution is -2.10. The van der Waals surface area contributed by atoms with E-state index in [-0.39, 0.29) is 18.6 Å². The van der Waals surface area contributed by atoms with Gasteiger partial charge in [0.1, 0.15) is 0 Å². The van der Waals surface area contributed by atoms with Crippen LogP contribution < -0.4 is 0 Å². The molecule has 0 aliphatic heterocycles. The highest BCUT2D eigenvalue weighted by molar-refractivity contribution is 5.29. The van der Waals surface area contributed by atoms with Gasteiger partial charge in [0.25, 0.3) is 0 Å². The standard InChI is InChI=1S/C11H11F3O/c1-2-15-8-7-9-5-3-4-6-10(9)11(12,13)14/h2-6H,1,7-8H2. The minimum atomic E-state index is -4.30. The van der Waals surface area contributed by atoms with Crippen molar-refractivity contribution >= 4 is 0 Å². The average molecular weight is 216 g/mol. The van der Waals surface area contributed by atoms with Gasteiger partial charge >= 0.3 is 6.18 Å². The van der Waals surface area contributed by atoms with Crippen LogP contribution in [0.25, 0.3) is 0 Å². The molecule has 0 N–H and O–H groups in total. The molecular weight excluding hydrogens is 205 g/mol. The van der Waals surface area contributed by atoms with Crippen LogP contribution in [0.4, 0.5) is 13.2 Å². The molecule has 0 amide bonds. The van der Waals surface area contributed by atoms with E-state index in [0.29, 0.717) is 0 Å². The van der Waals surface area contributed by atoms with E-state index >= 15 is 0 Å². The lowest BCUT2D eigenvalue weighted by Gasteiger charge is -2.12. The Hall–Kier alpha value is -1.45. The second kappa shape index (κ2) is 4.87. The van der Waals surface area contributed by atoms with Gasteiger partial charge in [-0.05, 0) is 11.6 Å². The average Bonchev–Trinajstić information content (AvgIpc) is 2.17. The smallest absolute Gasteiger partial charge is 0.416 e. The first-order valence-electron chi connectivity index (χ1n) is 4.43. The van der Waals surface area contributed by atoms with Gasteiger partial charge in [-0.1, -0.05) is 24.8 Å². The molecule has 0 fully saturated rings. The third-order valence-electron chi connectivity index (χ3n) is 1.93. The zero-order valence-electron chi connectivity index (χ0n) is 8.05. The zero-order chi connectivity index (χ0) is 11.3. The van der Waals surface area contributed by atoms with E-state index in [1.165, 1.54) is 18.4 Å². The van der Waals surface area contributed by atoms with Gasteiger partial charge in [0.15, 0.2) is 0 Å². The summed E-state index contributed by atoms with van der Waals surface area (Å²) in [4.78, 5) is 0. The Morgan fingerprint density at radius 1 is 1.27 bits per heavy atom. The summed E-state index contributed by atoms with van der Waals surface area (Å²) in [5.74, 6) is 0. The van der Waals surface area contributed by atoms with Crippen LogP contribution in [0.1, 0.15) is 11.1 Å². The maximum absolute atomic E-state index is 12.5. The minimum Gasteiger partial charge on any atom is -0.501 e. The number of rotatable bonds is 4. The molecule has 0 saturated carbocycles. The van der Waals surface area contributed by atoms with Gasteiger partial charge < -0.3 is 4.74 Å². The normalized spacial score (nSPS) is 11.1. The highest BCUT2D eigenvalue weighted by Crippen LogP contribution is 2.31. The molecule has 0 atom stereocenters. The van der Waals surface area contributed by atoms with Gasteiger partial charge in [0.2, 0.25) is 0 Å². The summed E-state index contributed by atoms with van der Waals surface area (Å²) in [7, 11) is 0. The van der Waals surface area contributed by atoms with E-state index in [9.17, 15) is 13.2 Å². The fraction of sp³-hybridized carbons (Fsp3) is 0.273. The third-order valence-corrected chi connectivity index (χ3v) is 1.93. The molecule has 82 valence electrons. The monoisotopic (exact) mass is 216 g/mol. The molecule has 0 aliphatic rings. The number of alkyl halides is 3. The predicted molar refractivity (Wildman–Crippen MR) is 51.3 cm³/mol. The van der Waals surface area contributed by atoms with Crippen LogP contribution in [0.2, 0.25) is 0 Å². The lowest BCUT2D eigenvalue weighted by atomic mass is 10.0. The Morgan fingerprint density at radius 3 is 2.53 bits per heavy atom. The Labute approximate surface area is 86.2 Å². The van der Waals surface area contributed by atoms with Gasteiger partial charge in [0.05, 0.1) is 18.4 Å². The van der Waals surface area contributed by atoms with E-state index in [2.05, 4.69) is 6.58 Å². The van der Waals surface area contributed by atoms with Crippen molar-refractivity contribution in [3.05, 3.63) is 48.2 Å². The van der Waals surface area contributed by atoms with E-state index in [1.807, 2.05) is 0 Å². The molecular formula is C11H11F3O. The topological polar surface area (TPSA) is 9.23 Å². The van der Waals surface area contributed by atoms with Crippen LogP contribution in [0, 0.1) is 0 Å². The molecule has 4 heteroatoms. The van der Waals surface area contributed by atoms with Crippen LogP contribution in [0.5, 0.6) is 0 Å². The van der Waals surface area contributed by atoms with Crippen LogP contribution >= 0.6 is 0 Å². The molecule has 1 rings (SSSR count). The van der Waals surface area contributed by atoms with Crippen molar-refractivity contribution in [1.82, 2.24) is 0 Å². The van der Waals surface area contributed by atoms with Gasteiger partial charge in [-0.25, -0.2) is 0 Å². The van der Waals surface area contributed by atoms with Gasteiger partial charge in [-0.15, -0.1) is 0 Å². The number of halogens is 3. The Kier molecular flexibility index (Phi) is 3.77. The Bertz CT molecular complexity index is 331. The van der Waals surface area contributed by atoms with E-state index in [0.717, 1.165) is 6.07 Å². The molecule has 0 unspecified atom stereocenters. The first-order valence-corrected chi connectivity index (χ1v) is 4.43. The van der Waals surface area contributed by atoms with E-state index in [1.54, 1.807) is 6.07 Å². The molecule has 0 saturated heterocycles. The van der Waals surface area contributed by atoms with Crippen LogP contribution in [0.15, 0.2) is 37.1 Å². The van der Waals surface area contributed by atoms with E-state index in [4.69, 9.17) is 4.74 Å². The van der Waals surface area contributed by atoms with Crippen LogP contribution in [0.3, 0.4) is 0 Å². The molecule has 0 spiro atoms. The summed E-state index contributed by atoms with van der Waals surface area (Å²) in [6.07, 6.45) is -2.86. The maximum Gasteiger partial charge on any atom is 0.416 e. The minimum absolute atomic E-state index is 0.205. The molecule has 1 aromatic rings. The fourth-order valence-corrected chi connectivity index (χ4v) is 1.27. The number of hydrogen-bond donors (Lipinski definition) is 0. The number of ether oxygens (including phenoxy) is 1. The molecule has 0 bridgehead atoms. The van der Waals surface area contributed by atoms with Gasteiger partial charge in [-0.2, -0.15) is 13.2 Å². The van der Waals surface area contributed by atoms with Crippen molar-refractivity contribution < 1.29 is 17.9 Å². The second-order valence-corrected chi connectivity index (χ2v) is 2.94. The highest BCUT2D eigenvalue weighted by atomic mass is 19.4.